The summed E-state index contributed by atoms with van der Waals surface area (Å²) in [6.45, 7) is 0. The summed E-state index contributed by atoms with van der Waals surface area (Å²) in [6.07, 6.45) is 0. The van der Waals surface area contributed by atoms with Gasteiger partial charge in [-0.3, -0.25) is 14.9 Å². The van der Waals surface area contributed by atoms with Crippen LogP contribution in [0.3, 0.4) is 0 Å². The molecule has 5 heteroatoms. The van der Waals surface area contributed by atoms with Crippen molar-refractivity contribution in [3.05, 3.63) is 32.2 Å². The molecule has 0 saturated carbocycles. The van der Waals surface area contributed by atoms with Crippen LogP contribution in [-0.4, -0.2) is 11.8 Å². The molecule has 13 heavy (non-hydrogen) atoms. The van der Waals surface area contributed by atoms with Crippen molar-refractivity contribution in [1.29, 1.82) is 0 Å². The van der Waals surface area contributed by atoms with Crippen molar-refractivity contribution in [2.24, 2.45) is 0 Å². The highest BCUT2D eigenvalue weighted by Crippen LogP contribution is 2.30. The molecule has 2 rings (SSSR count). The second-order valence-electron chi connectivity index (χ2n) is 2.56. The normalized spacial score (nSPS) is 14.3. The van der Waals surface area contributed by atoms with Gasteiger partial charge in [-0.15, -0.1) is 0 Å². The maximum Gasteiger partial charge on any atom is 0.260 e. The van der Waals surface area contributed by atoms with Crippen LogP contribution in [-0.2, 0) is 0 Å². The predicted molar refractivity (Wildman–Crippen MR) is 53.6 cm³/mol. The summed E-state index contributed by atoms with van der Waals surface area (Å²) in [7, 11) is 0. The molecule has 0 atom stereocenters. The van der Waals surface area contributed by atoms with Crippen molar-refractivity contribution < 1.29 is 9.59 Å². The zero-order chi connectivity index (χ0) is 9.59. The molecule has 3 nitrogen and oxygen atoms in total. The molecule has 0 spiro atoms. The molecule has 0 bridgehead atoms. The lowest BCUT2D eigenvalue weighted by atomic mass is 10.1. The lowest BCUT2D eigenvalue weighted by molar-refractivity contribution is 0.0879. The average Bonchev–Trinajstić information content (AvgIpc) is 2.36. The maximum absolute atomic E-state index is 11.3. The fourth-order valence-corrected chi connectivity index (χ4v) is 2.24. The van der Waals surface area contributed by atoms with Gasteiger partial charge in [0.15, 0.2) is 0 Å². The average molecular weight is 305 g/mol. The number of carbonyl (C=O) groups excluding carboxylic acids is 2. The summed E-state index contributed by atoms with van der Waals surface area (Å²) < 4.78 is 1.27. The number of rotatable bonds is 0. The van der Waals surface area contributed by atoms with Crippen LogP contribution >= 0.6 is 31.9 Å². The molecular weight excluding hydrogens is 302 g/mol. The van der Waals surface area contributed by atoms with E-state index in [1.54, 1.807) is 12.1 Å². The number of halogens is 2. The summed E-state index contributed by atoms with van der Waals surface area (Å²) in [6, 6.07) is 3.45. The fourth-order valence-electron chi connectivity index (χ4n) is 1.22. The van der Waals surface area contributed by atoms with E-state index in [9.17, 15) is 9.59 Å². The third-order valence-electron chi connectivity index (χ3n) is 1.78. The van der Waals surface area contributed by atoms with Crippen molar-refractivity contribution in [2.45, 2.75) is 0 Å². The van der Waals surface area contributed by atoms with E-state index in [0.29, 0.717) is 20.1 Å². The van der Waals surface area contributed by atoms with Gasteiger partial charge < -0.3 is 0 Å². The highest BCUT2D eigenvalue weighted by Gasteiger charge is 2.30. The highest BCUT2D eigenvalue weighted by molar-refractivity contribution is 9.11. The Balaban J connectivity index is 2.81. The third-order valence-corrected chi connectivity index (χ3v) is 3.11. The smallest absolute Gasteiger partial charge is 0.260 e. The summed E-state index contributed by atoms with van der Waals surface area (Å²) in [5.41, 5.74) is 0.804. The van der Waals surface area contributed by atoms with Crippen LogP contribution in [0.4, 0.5) is 0 Å². The highest BCUT2D eigenvalue weighted by atomic mass is 79.9. The zero-order valence-electron chi connectivity index (χ0n) is 6.23. The number of fused-ring (bicyclic) bond motifs is 1. The molecule has 0 fully saturated rings. The minimum Gasteiger partial charge on any atom is -0.288 e. The molecule has 66 valence electrons. The van der Waals surface area contributed by atoms with Crippen molar-refractivity contribution >= 4 is 43.7 Å². The third kappa shape index (κ3) is 1.23. The summed E-state index contributed by atoms with van der Waals surface area (Å²) >= 11 is 6.43. The van der Waals surface area contributed by atoms with Gasteiger partial charge in [-0.1, -0.05) is 0 Å². The molecule has 1 aromatic rings. The van der Waals surface area contributed by atoms with Gasteiger partial charge >= 0.3 is 0 Å². The van der Waals surface area contributed by atoms with Gasteiger partial charge in [-0.05, 0) is 44.0 Å². The van der Waals surface area contributed by atoms with E-state index in [0.717, 1.165) is 0 Å². The first-order chi connectivity index (χ1) is 6.11. The summed E-state index contributed by atoms with van der Waals surface area (Å²) in [4.78, 5) is 22.5. The quantitative estimate of drug-likeness (QED) is 0.746. The molecule has 2 amide bonds. The van der Waals surface area contributed by atoms with Crippen molar-refractivity contribution in [2.75, 3.05) is 0 Å². The second-order valence-corrected chi connectivity index (χ2v) is 4.27. The van der Waals surface area contributed by atoms with Crippen LogP contribution in [0.15, 0.2) is 21.1 Å². The van der Waals surface area contributed by atoms with Crippen LogP contribution < -0.4 is 5.32 Å². The Morgan fingerprint density at radius 2 is 1.31 bits per heavy atom. The molecule has 1 aromatic carbocycles. The van der Waals surface area contributed by atoms with E-state index < -0.39 is 0 Å². The van der Waals surface area contributed by atoms with E-state index in [4.69, 9.17) is 0 Å². The molecular formula is C8H3Br2NO2. The largest absolute Gasteiger partial charge is 0.288 e. The van der Waals surface area contributed by atoms with Crippen LogP contribution in [0.1, 0.15) is 20.7 Å². The Morgan fingerprint density at radius 3 is 1.69 bits per heavy atom. The molecule has 0 aromatic heterocycles. The standard InChI is InChI=1S/C8H3Br2NO2/c9-3-1-2-4(10)6-5(3)7(12)11-8(6)13/h1-2H,(H,11,12,13). The molecule has 0 saturated heterocycles. The van der Waals surface area contributed by atoms with E-state index in [1.165, 1.54) is 0 Å². The molecule has 1 aliphatic heterocycles. The lowest BCUT2D eigenvalue weighted by Crippen LogP contribution is -2.20. The van der Waals surface area contributed by atoms with E-state index in [2.05, 4.69) is 37.2 Å². The molecule has 0 unspecified atom stereocenters. The molecule has 1 N–H and O–H groups in total. The van der Waals surface area contributed by atoms with Gasteiger partial charge in [-0.25, -0.2) is 0 Å². The van der Waals surface area contributed by atoms with E-state index >= 15 is 0 Å². The lowest BCUT2D eigenvalue weighted by Gasteiger charge is -1.99. The van der Waals surface area contributed by atoms with E-state index in [1.807, 2.05) is 0 Å². The molecule has 0 radical (unpaired) electrons. The Hall–Kier alpha value is -0.680. The number of benzene rings is 1. The number of nitrogens with one attached hydrogen (secondary N) is 1. The first-order valence-corrected chi connectivity index (χ1v) is 5.03. The minimum atomic E-state index is -0.354. The number of carbonyl (C=O) groups is 2. The first kappa shape index (κ1) is 8.90. The van der Waals surface area contributed by atoms with Gasteiger partial charge in [0.1, 0.15) is 0 Å². The SMILES string of the molecule is O=C1NC(=O)c2c(Br)ccc(Br)c21. The van der Waals surface area contributed by atoms with Crippen molar-refractivity contribution in [3.8, 4) is 0 Å². The van der Waals surface area contributed by atoms with Gasteiger partial charge in [-0.2, -0.15) is 0 Å². The Morgan fingerprint density at radius 1 is 0.923 bits per heavy atom. The van der Waals surface area contributed by atoms with Crippen molar-refractivity contribution in [1.82, 2.24) is 5.32 Å². The van der Waals surface area contributed by atoms with Crippen LogP contribution in [0.2, 0.25) is 0 Å². The molecule has 1 heterocycles. The monoisotopic (exact) mass is 303 g/mol. The van der Waals surface area contributed by atoms with Crippen molar-refractivity contribution in [3.63, 3.8) is 0 Å². The molecule has 0 aliphatic carbocycles. The van der Waals surface area contributed by atoms with Gasteiger partial charge in [0.2, 0.25) is 0 Å². The topological polar surface area (TPSA) is 46.2 Å². The number of hydrogen-bond acceptors (Lipinski definition) is 2. The van der Waals surface area contributed by atoms with Crippen LogP contribution in [0.25, 0.3) is 0 Å². The van der Waals surface area contributed by atoms with Crippen LogP contribution in [0, 0.1) is 0 Å². The Bertz CT molecular complexity index is 389. The second kappa shape index (κ2) is 2.92. The number of hydrogen-bond donors (Lipinski definition) is 1. The summed E-state index contributed by atoms with van der Waals surface area (Å²) in [5, 5.41) is 2.23. The maximum atomic E-state index is 11.3. The minimum absolute atomic E-state index is 0.354. The van der Waals surface area contributed by atoms with Gasteiger partial charge in [0, 0.05) is 8.95 Å². The molecule has 1 aliphatic rings. The van der Waals surface area contributed by atoms with Gasteiger partial charge in [0.25, 0.3) is 11.8 Å². The number of amides is 2. The first-order valence-electron chi connectivity index (χ1n) is 3.45. The van der Waals surface area contributed by atoms with E-state index in [-0.39, 0.29) is 11.8 Å². The Kier molecular flexibility index (Phi) is 2.00. The fraction of sp³-hybridized carbons (Fsp3) is 0. The van der Waals surface area contributed by atoms with Crippen LogP contribution in [0.5, 0.6) is 0 Å². The predicted octanol–water partition coefficient (Wildman–Crippen LogP) is 2.10. The van der Waals surface area contributed by atoms with Gasteiger partial charge in [0.05, 0.1) is 11.1 Å². The zero-order valence-corrected chi connectivity index (χ0v) is 9.40. The summed E-state index contributed by atoms with van der Waals surface area (Å²) in [5.74, 6) is -0.707. The Labute approximate surface area is 90.8 Å². The number of imide groups is 1.